The van der Waals surface area contributed by atoms with Gasteiger partial charge >= 0.3 is 0 Å². The molecule has 6 heteroatoms. The monoisotopic (exact) mass is 323 g/mol. The summed E-state index contributed by atoms with van der Waals surface area (Å²) in [6.07, 6.45) is 0.460. The smallest absolute Gasteiger partial charge is 0.231 e. The lowest BCUT2D eigenvalue weighted by atomic mass is 10.1. The number of anilines is 2. The molecule has 0 radical (unpaired) electrons. The predicted molar refractivity (Wildman–Crippen MR) is 76.8 cm³/mol. The normalized spacial score (nSPS) is 14.1. The minimum Gasteiger partial charge on any atom is -0.382 e. The van der Waals surface area contributed by atoms with E-state index in [1.807, 2.05) is 18.2 Å². The van der Waals surface area contributed by atoms with Crippen molar-refractivity contribution in [3.8, 4) is 10.6 Å². The van der Waals surface area contributed by atoms with Gasteiger partial charge in [0.25, 0.3) is 0 Å². The van der Waals surface area contributed by atoms with Crippen LogP contribution in [0.2, 0.25) is 0 Å². The number of aromatic nitrogens is 1. The topological polar surface area (TPSA) is 59.2 Å². The zero-order chi connectivity index (χ0) is 12.9. The number of hydrogen-bond acceptors (Lipinski definition) is 4. The van der Waals surface area contributed by atoms with Crippen LogP contribution in [-0.4, -0.2) is 17.9 Å². The molecular weight excluding hydrogens is 314 g/mol. The molecule has 92 valence electrons. The molecule has 1 aromatic heterocycles. The van der Waals surface area contributed by atoms with Gasteiger partial charge in [0.05, 0.1) is 6.42 Å². The Morgan fingerprint density at radius 2 is 2.28 bits per heavy atom. The molecule has 4 nitrogen and oxygen atoms in total. The van der Waals surface area contributed by atoms with Crippen molar-refractivity contribution < 1.29 is 4.79 Å². The summed E-state index contributed by atoms with van der Waals surface area (Å²) in [5.41, 5.74) is 8.75. The number of likely N-dealkylation sites (N-methyl/N-ethyl adjacent to an activating group) is 1. The van der Waals surface area contributed by atoms with E-state index >= 15 is 0 Å². The Morgan fingerprint density at radius 1 is 1.50 bits per heavy atom. The van der Waals surface area contributed by atoms with Gasteiger partial charge in [0.15, 0.2) is 0 Å². The minimum absolute atomic E-state index is 0.127. The Morgan fingerprint density at radius 3 is 2.94 bits per heavy atom. The van der Waals surface area contributed by atoms with Gasteiger partial charge in [-0.3, -0.25) is 4.79 Å². The number of amides is 1. The van der Waals surface area contributed by atoms with E-state index in [2.05, 4.69) is 20.9 Å². The van der Waals surface area contributed by atoms with Crippen molar-refractivity contribution in [2.75, 3.05) is 17.7 Å². The molecule has 0 saturated heterocycles. The Kier molecular flexibility index (Phi) is 2.64. The van der Waals surface area contributed by atoms with Gasteiger partial charge in [-0.1, -0.05) is 0 Å². The minimum atomic E-state index is 0.127. The standard InChI is InChI=1S/C12H10BrN3OS/c1-16-8-3-2-6(4-7(8)5-9(16)17)12-15-11(14)10(13)18-12/h2-4H,5,14H2,1H3. The zero-order valence-electron chi connectivity index (χ0n) is 9.61. The van der Waals surface area contributed by atoms with E-state index in [1.54, 1.807) is 11.9 Å². The van der Waals surface area contributed by atoms with Crippen molar-refractivity contribution in [3.05, 3.63) is 27.5 Å². The summed E-state index contributed by atoms with van der Waals surface area (Å²) in [7, 11) is 1.80. The summed E-state index contributed by atoms with van der Waals surface area (Å²) in [4.78, 5) is 17.6. The van der Waals surface area contributed by atoms with Gasteiger partial charge in [-0.15, -0.1) is 11.3 Å². The van der Waals surface area contributed by atoms with Crippen LogP contribution in [0.4, 0.5) is 11.5 Å². The Bertz CT molecular complexity index is 633. The van der Waals surface area contributed by atoms with Gasteiger partial charge in [0, 0.05) is 18.3 Å². The van der Waals surface area contributed by atoms with Crippen LogP contribution in [0, 0.1) is 0 Å². The van der Waals surface area contributed by atoms with E-state index in [0.717, 1.165) is 25.6 Å². The second kappa shape index (κ2) is 4.07. The van der Waals surface area contributed by atoms with Crippen LogP contribution >= 0.6 is 27.3 Å². The number of fused-ring (bicyclic) bond motifs is 1. The molecule has 0 spiro atoms. The first-order valence-electron chi connectivity index (χ1n) is 5.38. The molecule has 1 aliphatic heterocycles. The largest absolute Gasteiger partial charge is 0.382 e. The third-order valence-corrected chi connectivity index (χ3v) is 4.81. The van der Waals surface area contributed by atoms with E-state index in [1.165, 1.54) is 11.3 Å². The van der Waals surface area contributed by atoms with Crippen LogP contribution in [0.1, 0.15) is 5.56 Å². The summed E-state index contributed by atoms with van der Waals surface area (Å²) >= 11 is 4.86. The lowest BCUT2D eigenvalue weighted by Gasteiger charge is -2.09. The van der Waals surface area contributed by atoms with Crippen molar-refractivity contribution in [1.82, 2.24) is 4.98 Å². The molecule has 0 aliphatic carbocycles. The number of thiazole rings is 1. The molecule has 2 aromatic rings. The van der Waals surface area contributed by atoms with Crippen LogP contribution in [0.3, 0.4) is 0 Å². The molecule has 3 rings (SSSR count). The van der Waals surface area contributed by atoms with Gasteiger partial charge in [-0.05, 0) is 39.7 Å². The van der Waals surface area contributed by atoms with Gasteiger partial charge in [-0.25, -0.2) is 4.98 Å². The molecule has 0 fully saturated rings. The molecule has 1 amide bonds. The molecule has 0 bridgehead atoms. The number of rotatable bonds is 1. The van der Waals surface area contributed by atoms with E-state index in [-0.39, 0.29) is 5.91 Å². The first kappa shape index (κ1) is 11.7. The fourth-order valence-corrected chi connectivity index (χ4v) is 3.30. The Balaban J connectivity index is 2.06. The van der Waals surface area contributed by atoms with E-state index in [9.17, 15) is 4.79 Å². The van der Waals surface area contributed by atoms with Crippen molar-refractivity contribution in [2.45, 2.75) is 6.42 Å². The van der Waals surface area contributed by atoms with Crippen molar-refractivity contribution >= 4 is 44.7 Å². The average molecular weight is 324 g/mol. The summed E-state index contributed by atoms with van der Waals surface area (Å²) in [6, 6.07) is 5.95. The number of nitrogens with zero attached hydrogens (tertiary/aromatic N) is 2. The average Bonchev–Trinajstić information content (AvgIpc) is 2.81. The SMILES string of the molecule is CN1C(=O)Cc2cc(-c3nc(N)c(Br)s3)ccc21. The number of carbonyl (C=O) groups is 1. The maximum Gasteiger partial charge on any atom is 0.231 e. The second-order valence-corrected chi connectivity index (χ2v) is 6.47. The van der Waals surface area contributed by atoms with Gasteiger partial charge < -0.3 is 10.6 Å². The number of carbonyl (C=O) groups excluding carboxylic acids is 1. The fourth-order valence-electron chi connectivity index (χ4n) is 2.04. The Labute approximate surface area is 117 Å². The van der Waals surface area contributed by atoms with Crippen molar-refractivity contribution in [3.63, 3.8) is 0 Å². The molecule has 2 heterocycles. The van der Waals surface area contributed by atoms with Crippen LogP contribution in [0.25, 0.3) is 10.6 Å². The molecular formula is C12H10BrN3OS. The van der Waals surface area contributed by atoms with Gasteiger partial charge in [0.1, 0.15) is 14.6 Å². The van der Waals surface area contributed by atoms with Gasteiger partial charge in [0.2, 0.25) is 5.91 Å². The lowest BCUT2D eigenvalue weighted by molar-refractivity contribution is -0.117. The highest BCUT2D eigenvalue weighted by Gasteiger charge is 2.24. The highest BCUT2D eigenvalue weighted by atomic mass is 79.9. The Hall–Kier alpha value is -1.40. The maximum absolute atomic E-state index is 11.6. The first-order chi connectivity index (χ1) is 8.56. The molecule has 18 heavy (non-hydrogen) atoms. The lowest BCUT2D eigenvalue weighted by Crippen LogP contribution is -2.20. The van der Waals surface area contributed by atoms with E-state index in [0.29, 0.717) is 12.2 Å². The number of hydrogen-bond donors (Lipinski definition) is 1. The third kappa shape index (κ3) is 1.72. The zero-order valence-corrected chi connectivity index (χ0v) is 12.0. The summed E-state index contributed by atoms with van der Waals surface area (Å²) in [5, 5.41) is 0.865. The van der Waals surface area contributed by atoms with Gasteiger partial charge in [-0.2, -0.15) is 0 Å². The summed E-state index contributed by atoms with van der Waals surface area (Å²) in [5.74, 6) is 0.630. The van der Waals surface area contributed by atoms with Crippen molar-refractivity contribution in [2.24, 2.45) is 0 Å². The molecule has 1 aromatic carbocycles. The summed E-state index contributed by atoms with van der Waals surface area (Å²) < 4.78 is 0.839. The molecule has 0 unspecified atom stereocenters. The predicted octanol–water partition coefficient (Wildman–Crippen LogP) is 2.67. The molecule has 1 aliphatic rings. The van der Waals surface area contributed by atoms with Crippen LogP contribution in [0.5, 0.6) is 0 Å². The van der Waals surface area contributed by atoms with E-state index in [4.69, 9.17) is 5.73 Å². The summed E-state index contributed by atoms with van der Waals surface area (Å²) in [6.45, 7) is 0. The number of benzene rings is 1. The molecule has 0 atom stereocenters. The highest BCUT2D eigenvalue weighted by molar-refractivity contribution is 9.11. The highest BCUT2D eigenvalue weighted by Crippen LogP contribution is 2.36. The number of nitrogens with two attached hydrogens (primary N) is 1. The second-order valence-electron chi connectivity index (χ2n) is 4.15. The number of nitrogen functional groups attached to an aromatic ring is 1. The third-order valence-electron chi connectivity index (χ3n) is 3.01. The van der Waals surface area contributed by atoms with Crippen LogP contribution < -0.4 is 10.6 Å². The quantitative estimate of drug-likeness (QED) is 0.877. The fraction of sp³-hybridized carbons (Fsp3) is 0.167. The molecule has 2 N–H and O–H groups in total. The van der Waals surface area contributed by atoms with E-state index < -0.39 is 0 Å². The van der Waals surface area contributed by atoms with Crippen molar-refractivity contribution in [1.29, 1.82) is 0 Å². The van der Waals surface area contributed by atoms with Crippen LogP contribution in [0.15, 0.2) is 22.0 Å². The maximum atomic E-state index is 11.6. The number of halogens is 1. The first-order valence-corrected chi connectivity index (χ1v) is 6.99. The molecule has 0 saturated carbocycles. The van der Waals surface area contributed by atoms with Crippen LogP contribution in [-0.2, 0) is 11.2 Å².